The number of nitrogens with two attached hydrogens (primary N) is 1. The van der Waals surface area contributed by atoms with Crippen LogP contribution in [-0.4, -0.2) is 30.5 Å². The summed E-state index contributed by atoms with van der Waals surface area (Å²) in [4.78, 5) is 0. The number of ether oxygens (including phenoxy) is 2. The minimum atomic E-state index is -0.733. The second kappa shape index (κ2) is 5.75. The molecule has 1 aromatic carbocycles. The Balaban J connectivity index is 3.22. The predicted octanol–water partition coefficient (Wildman–Crippen LogP) is 1.18. The van der Waals surface area contributed by atoms with Crippen molar-refractivity contribution in [2.75, 3.05) is 14.2 Å². The Morgan fingerprint density at radius 2 is 1.94 bits per heavy atom. The zero-order valence-corrected chi connectivity index (χ0v) is 10.3. The maximum atomic E-state index is 9.90. The SMILES string of the molecule is CC[C@H](O)[C@H](N)c1c(O)cc(OC)cc1OC. The van der Waals surface area contributed by atoms with Gasteiger partial charge in [-0.15, -0.1) is 0 Å². The van der Waals surface area contributed by atoms with E-state index in [1.807, 2.05) is 6.92 Å². The first kappa shape index (κ1) is 13.6. The second-order valence-corrected chi connectivity index (χ2v) is 3.76. The van der Waals surface area contributed by atoms with Gasteiger partial charge in [-0.25, -0.2) is 0 Å². The highest BCUT2D eigenvalue weighted by molar-refractivity contribution is 5.51. The molecule has 1 rings (SSSR count). The third kappa shape index (κ3) is 2.81. The van der Waals surface area contributed by atoms with Gasteiger partial charge in [0.05, 0.1) is 31.9 Å². The molecular formula is C12H19NO4. The van der Waals surface area contributed by atoms with E-state index >= 15 is 0 Å². The summed E-state index contributed by atoms with van der Waals surface area (Å²) >= 11 is 0. The van der Waals surface area contributed by atoms with Crippen LogP contribution >= 0.6 is 0 Å². The molecule has 0 aliphatic rings. The molecule has 1 aromatic rings. The van der Waals surface area contributed by atoms with Crippen molar-refractivity contribution in [2.24, 2.45) is 5.73 Å². The summed E-state index contributed by atoms with van der Waals surface area (Å²) in [5.41, 5.74) is 6.28. The number of phenolic OH excluding ortho intramolecular Hbond substituents is 1. The Labute approximate surface area is 101 Å². The van der Waals surface area contributed by atoms with Crippen molar-refractivity contribution in [1.29, 1.82) is 0 Å². The summed E-state index contributed by atoms with van der Waals surface area (Å²) in [6.07, 6.45) is -0.237. The molecule has 5 nitrogen and oxygen atoms in total. The first-order valence-corrected chi connectivity index (χ1v) is 5.43. The normalized spacial score (nSPS) is 14.2. The standard InChI is InChI=1S/C12H19NO4/c1-4-8(14)12(13)11-9(15)5-7(16-2)6-10(11)17-3/h5-6,8,12,14-15H,4,13H2,1-3H3/t8-,12-/m0/s1. The molecule has 0 aromatic heterocycles. The summed E-state index contributed by atoms with van der Waals surface area (Å²) in [5, 5.41) is 19.6. The van der Waals surface area contributed by atoms with Gasteiger partial charge in [-0.05, 0) is 6.42 Å². The fourth-order valence-electron chi connectivity index (χ4n) is 1.66. The van der Waals surface area contributed by atoms with Crippen molar-refractivity contribution in [3.8, 4) is 17.2 Å². The van der Waals surface area contributed by atoms with Gasteiger partial charge in [0.1, 0.15) is 17.2 Å². The van der Waals surface area contributed by atoms with Crippen LogP contribution in [0.2, 0.25) is 0 Å². The number of methoxy groups -OCH3 is 2. The van der Waals surface area contributed by atoms with E-state index in [4.69, 9.17) is 15.2 Å². The van der Waals surface area contributed by atoms with E-state index in [0.29, 0.717) is 23.5 Å². The Morgan fingerprint density at radius 3 is 2.41 bits per heavy atom. The van der Waals surface area contributed by atoms with E-state index in [1.165, 1.54) is 20.3 Å². The molecule has 0 heterocycles. The molecular weight excluding hydrogens is 222 g/mol. The Kier molecular flexibility index (Phi) is 4.60. The third-order valence-corrected chi connectivity index (χ3v) is 2.72. The van der Waals surface area contributed by atoms with Gasteiger partial charge in [0.25, 0.3) is 0 Å². The molecule has 0 aliphatic heterocycles. The van der Waals surface area contributed by atoms with Gasteiger partial charge >= 0.3 is 0 Å². The lowest BCUT2D eigenvalue weighted by Crippen LogP contribution is -2.26. The number of phenols is 1. The monoisotopic (exact) mass is 241 g/mol. The fraction of sp³-hybridized carbons (Fsp3) is 0.500. The number of hydrogen-bond acceptors (Lipinski definition) is 5. The number of aliphatic hydroxyl groups excluding tert-OH is 1. The summed E-state index contributed by atoms with van der Waals surface area (Å²) in [7, 11) is 2.97. The molecule has 0 radical (unpaired) electrons. The van der Waals surface area contributed by atoms with Gasteiger partial charge in [0, 0.05) is 12.1 Å². The largest absolute Gasteiger partial charge is 0.507 e. The van der Waals surface area contributed by atoms with E-state index in [2.05, 4.69) is 0 Å². The maximum absolute atomic E-state index is 9.90. The van der Waals surface area contributed by atoms with Gasteiger partial charge in [-0.2, -0.15) is 0 Å². The quantitative estimate of drug-likeness (QED) is 0.720. The molecule has 2 atom stereocenters. The van der Waals surface area contributed by atoms with Crippen molar-refractivity contribution >= 4 is 0 Å². The Bertz CT molecular complexity index is 381. The van der Waals surface area contributed by atoms with Crippen LogP contribution in [0.1, 0.15) is 24.9 Å². The number of benzene rings is 1. The molecule has 17 heavy (non-hydrogen) atoms. The lowest BCUT2D eigenvalue weighted by molar-refractivity contribution is 0.138. The van der Waals surface area contributed by atoms with Crippen LogP contribution in [0, 0.1) is 0 Å². The van der Waals surface area contributed by atoms with Crippen molar-refractivity contribution in [2.45, 2.75) is 25.5 Å². The molecule has 0 amide bonds. The maximum Gasteiger partial charge on any atom is 0.131 e. The lowest BCUT2D eigenvalue weighted by Gasteiger charge is -2.21. The molecule has 0 bridgehead atoms. The van der Waals surface area contributed by atoms with Crippen LogP contribution in [0.5, 0.6) is 17.2 Å². The molecule has 5 heteroatoms. The molecule has 0 saturated carbocycles. The highest BCUT2D eigenvalue weighted by atomic mass is 16.5. The summed E-state index contributed by atoms with van der Waals surface area (Å²) < 4.78 is 10.2. The Morgan fingerprint density at radius 1 is 1.29 bits per heavy atom. The molecule has 0 aliphatic carbocycles. The minimum absolute atomic E-state index is 0.0406. The highest BCUT2D eigenvalue weighted by Crippen LogP contribution is 2.38. The van der Waals surface area contributed by atoms with Crippen molar-refractivity contribution in [3.63, 3.8) is 0 Å². The molecule has 0 unspecified atom stereocenters. The van der Waals surface area contributed by atoms with Gasteiger partial charge < -0.3 is 25.4 Å². The smallest absolute Gasteiger partial charge is 0.131 e. The zero-order valence-electron chi connectivity index (χ0n) is 10.3. The van der Waals surface area contributed by atoms with E-state index in [9.17, 15) is 10.2 Å². The first-order valence-electron chi connectivity index (χ1n) is 5.43. The van der Waals surface area contributed by atoms with Gasteiger partial charge in [0.2, 0.25) is 0 Å². The predicted molar refractivity (Wildman–Crippen MR) is 64.4 cm³/mol. The fourth-order valence-corrected chi connectivity index (χ4v) is 1.66. The summed E-state index contributed by atoms with van der Waals surface area (Å²) in [5.74, 6) is 0.837. The van der Waals surface area contributed by atoms with Crippen molar-refractivity contribution in [1.82, 2.24) is 0 Å². The molecule has 0 spiro atoms. The van der Waals surface area contributed by atoms with Crippen LogP contribution in [-0.2, 0) is 0 Å². The average molecular weight is 241 g/mol. The number of rotatable bonds is 5. The van der Waals surface area contributed by atoms with Crippen molar-refractivity contribution in [3.05, 3.63) is 17.7 Å². The highest BCUT2D eigenvalue weighted by Gasteiger charge is 2.23. The third-order valence-electron chi connectivity index (χ3n) is 2.72. The van der Waals surface area contributed by atoms with Gasteiger partial charge in [-0.3, -0.25) is 0 Å². The lowest BCUT2D eigenvalue weighted by atomic mass is 9.98. The van der Waals surface area contributed by atoms with Crippen LogP contribution in [0.15, 0.2) is 12.1 Å². The zero-order chi connectivity index (χ0) is 13.0. The molecule has 0 fully saturated rings. The first-order chi connectivity index (χ1) is 8.04. The van der Waals surface area contributed by atoms with Crippen LogP contribution in [0.3, 0.4) is 0 Å². The second-order valence-electron chi connectivity index (χ2n) is 3.76. The number of hydrogen-bond donors (Lipinski definition) is 3. The number of aliphatic hydroxyl groups is 1. The van der Waals surface area contributed by atoms with Crippen LogP contribution < -0.4 is 15.2 Å². The molecule has 0 saturated heterocycles. The van der Waals surface area contributed by atoms with E-state index in [0.717, 1.165) is 0 Å². The average Bonchev–Trinajstić information content (AvgIpc) is 2.35. The molecule has 4 N–H and O–H groups in total. The van der Waals surface area contributed by atoms with E-state index in [1.54, 1.807) is 6.07 Å². The summed E-state index contributed by atoms with van der Waals surface area (Å²) in [6.45, 7) is 1.82. The topological polar surface area (TPSA) is 84.9 Å². The molecule has 96 valence electrons. The van der Waals surface area contributed by atoms with Crippen LogP contribution in [0.25, 0.3) is 0 Å². The van der Waals surface area contributed by atoms with Gasteiger partial charge in [0.15, 0.2) is 0 Å². The van der Waals surface area contributed by atoms with E-state index < -0.39 is 12.1 Å². The minimum Gasteiger partial charge on any atom is -0.507 e. The van der Waals surface area contributed by atoms with E-state index in [-0.39, 0.29) is 5.75 Å². The Hall–Kier alpha value is -1.46. The van der Waals surface area contributed by atoms with Crippen molar-refractivity contribution < 1.29 is 19.7 Å². The van der Waals surface area contributed by atoms with Gasteiger partial charge in [-0.1, -0.05) is 6.92 Å². The number of aromatic hydroxyl groups is 1. The van der Waals surface area contributed by atoms with Crippen LogP contribution in [0.4, 0.5) is 0 Å². The summed E-state index contributed by atoms with van der Waals surface area (Å²) in [6, 6.07) is 2.37.